The summed E-state index contributed by atoms with van der Waals surface area (Å²) in [7, 11) is 0. The molecule has 2 nitrogen and oxygen atoms in total. The number of rotatable bonds is 0. The number of aromatic nitrogens is 1. The highest BCUT2D eigenvalue weighted by molar-refractivity contribution is 5.90. The first-order chi connectivity index (χ1) is 8.39. The maximum atomic E-state index is 6.43. The predicted octanol–water partition coefficient (Wildman–Crippen LogP) is 3.76. The Morgan fingerprint density at radius 3 is 2.61 bits per heavy atom. The van der Waals surface area contributed by atoms with Crippen molar-refractivity contribution in [2.45, 2.75) is 46.6 Å². The van der Waals surface area contributed by atoms with E-state index in [9.17, 15) is 0 Å². The number of benzene rings is 1. The zero-order valence-corrected chi connectivity index (χ0v) is 11.7. The van der Waals surface area contributed by atoms with Gasteiger partial charge in [0.25, 0.3) is 0 Å². The van der Waals surface area contributed by atoms with Crippen molar-refractivity contribution >= 4 is 10.9 Å². The normalized spacial score (nSPS) is 22.2. The van der Waals surface area contributed by atoms with E-state index in [1.54, 1.807) is 0 Å². The van der Waals surface area contributed by atoms with Crippen molar-refractivity contribution in [2.75, 3.05) is 0 Å². The van der Waals surface area contributed by atoms with Gasteiger partial charge < -0.3 is 10.7 Å². The van der Waals surface area contributed by atoms with Crippen LogP contribution in [0.5, 0.6) is 0 Å². The van der Waals surface area contributed by atoms with E-state index in [2.05, 4.69) is 44.8 Å². The Balaban J connectivity index is 2.34. The van der Waals surface area contributed by atoms with Crippen LogP contribution in [-0.2, 0) is 6.42 Å². The number of aromatic amines is 1. The number of aryl methyl sites for hydroxylation is 2. The van der Waals surface area contributed by atoms with Crippen LogP contribution >= 0.6 is 0 Å². The summed E-state index contributed by atoms with van der Waals surface area (Å²) in [5, 5.41) is 1.37. The van der Waals surface area contributed by atoms with E-state index < -0.39 is 0 Å². The molecule has 1 atom stereocenters. The lowest BCUT2D eigenvalue weighted by Gasteiger charge is -2.33. The monoisotopic (exact) mass is 242 g/mol. The third-order valence-electron chi connectivity index (χ3n) is 4.29. The van der Waals surface area contributed by atoms with Crippen LogP contribution < -0.4 is 5.73 Å². The molecule has 0 aliphatic heterocycles. The SMILES string of the molecule is Cc1ccc(C)c2c3c([nH]c12)CC(C)(C)CC3N. The zero-order valence-electron chi connectivity index (χ0n) is 11.7. The second-order valence-corrected chi connectivity index (χ2v) is 6.62. The molecule has 18 heavy (non-hydrogen) atoms. The molecule has 0 fully saturated rings. The molecular formula is C16H22N2. The van der Waals surface area contributed by atoms with Gasteiger partial charge in [-0.25, -0.2) is 0 Å². The van der Waals surface area contributed by atoms with Gasteiger partial charge in [0.05, 0.1) is 0 Å². The van der Waals surface area contributed by atoms with Crippen LogP contribution in [0.1, 0.15) is 48.7 Å². The highest BCUT2D eigenvalue weighted by atomic mass is 14.8. The van der Waals surface area contributed by atoms with Gasteiger partial charge in [-0.2, -0.15) is 0 Å². The van der Waals surface area contributed by atoms with Gasteiger partial charge in [0.2, 0.25) is 0 Å². The Morgan fingerprint density at radius 2 is 1.89 bits per heavy atom. The summed E-state index contributed by atoms with van der Waals surface area (Å²) in [6, 6.07) is 4.56. The minimum absolute atomic E-state index is 0.165. The van der Waals surface area contributed by atoms with Crippen molar-refractivity contribution in [1.29, 1.82) is 0 Å². The van der Waals surface area contributed by atoms with Crippen LogP contribution in [0.15, 0.2) is 12.1 Å². The number of fused-ring (bicyclic) bond motifs is 3. The first-order valence-corrected chi connectivity index (χ1v) is 6.75. The van der Waals surface area contributed by atoms with Crippen LogP contribution in [0.4, 0.5) is 0 Å². The van der Waals surface area contributed by atoms with E-state index in [0.29, 0.717) is 5.41 Å². The quantitative estimate of drug-likeness (QED) is 0.725. The molecule has 0 spiro atoms. The Kier molecular flexibility index (Phi) is 2.36. The van der Waals surface area contributed by atoms with Crippen LogP contribution in [0.2, 0.25) is 0 Å². The lowest BCUT2D eigenvalue weighted by atomic mass is 9.74. The van der Waals surface area contributed by atoms with Crippen LogP contribution in [-0.4, -0.2) is 4.98 Å². The standard InChI is InChI=1S/C16H22N2/c1-9-5-6-10(2)15-13(9)14-11(17)7-16(3,4)8-12(14)18-15/h5-6,11,18H,7-8,17H2,1-4H3. The molecule has 1 heterocycles. The van der Waals surface area contributed by atoms with Crippen LogP contribution in [0, 0.1) is 19.3 Å². The van der Waals surface area contributed by atoms with Crippen LogP contribution in [0.25, 0.3) is 10.9 Å². The fourth-order valence-electron chi connectivity index (χ4n) is 3.49. The average molecular weight is 242 g/mol. The first-order valence-electron chi connectivity index (χ1n) is 6.75. The Bertz CT molecular complexity index is 620. The summed E-state index contributed by atoms with van der Waals surface area (Å²) in [6.07, 6.45) is 2.17. The third kappa shape index (κ3) is 1.59. The van der Waals surface area contributed by atoms with E-state index in [1.165, 1.54) is 33.3 Å². The number of hydrogen-bond acceptors (Lipinski definition) is 1. The first kappa shape index (κ1) is 11.8. The molecule has 1 aliphatic rings. The van der Waals surface area contributed by atoms with E-state index in [0.717, 1.165) is 12.8 Å². The van der Waals surface area contributed by atoms with E-state index in [1.807, 2.05) is 0 Å². The second-order valence-electron chi connectivity index (χ2n) is 6.62. The fourth-order valence-corrected chi connectivity index (χ4v) is 3.49. The van der Waals surface area contributed by atoms with Gasteiger partial charge in [0.1, 0.15) is 0 Å². The summed E-state index contributed by atoms with van der Waals surface area (Å²) in [5.74, 6) is 0. The smallest absolute Gasteiger partial charge is 0.0491 e. The third-order valence-corrected chi connectivity index (χ3v) is 4.29. The molecule has 0 bridgehead atoms. The minimum atomic E-state index is 0.165. The molecule has 0 radical (unpaired) electrons. The topological polar surface area (TPSA) is 41.8 Å². The molecule has 1 aromatic carbocycles. The van der Waals surface area contributed by atoms with E-state index in [4.69, 9.17) is 5.73 Å². The molecule has 96 valence electrons. The molecular weight excluding hydrogens is 220 g/mol. The Labute approximate surface area is 109 Å². The second kappa shape index (κ2) is 3.61. The number of nitrogens with two attached hydrogens (primary N) is 1. The van der Waals surface area contributed by atoms with Crippen molar-refractivity contribution in [2.24, 2.45) is 11.1 Å². The molecule has 0 saturated carbocycles. The number of hydrogen-bond donors (Lipinski definition) is 2. The molecule has 0 saturated heterocycles. The summed E-state index contributed by atoms with van der Waals surface area (Å²) >= 11 is 0. The molecule has 0 amide bonds. The lowest BCUT2D eigenvalue weighted by molar-refractivity contribution is 0.281. The number of H-pyrrole nitrogens is 1. The highest BCUT2D eigenvalue weighted by Gasteiger charge is 2.33. The van der Waals surface area contributed by atoms with Gasteiger partial charge in [-0.05, 0) is 48.8 Å². The lowest BCUT2D eigenvalue weighted by Crippen LogP contribution is -2.29. The molecule has 1 aliphatic carbocycles. The average Bonchev–Trinajstić information content (AvgIpc) is 2.62. The fraction of sp³-hybridized carbons (Fsp3) is 0.500. The number of nitrogens with one attached hydrogen (secondary N) is 1. The van der Waals surface area contributed by atoms with Crippen molar-refractivity contribution in [1.82, 2.24) is 4.98 Å². The Hall–Kier alpha value is -1.28. The minimum Gasteiger partial charge on any atom is -0.358 e. The van der Waals surface area contributed by atoms with Gasteiger partial charge in [0, 0.05) is 22.6 Å². The molecule has 3 N–H and O–H groups in total. The van der Waals surface area contributed by atoms with E-state index >= 15 is 0 Å². The molecule has 1 unspecified atom stereocenters. The molecule has 1 aromatic heterocycles. The molecule has 3 rings (SSSR count). The Morgan fingerprint density at radius 1 is 1.22 bits per heavy atom. The summed E-state index contributed by atoms with van der Waals surface area (Å²) in [6.45, 7) is 8.96. The van der Waals surface area contributed by atoms with Crippen molar-refractivity contribution in [3.05, 3.63) is 34.5 Å². The van der Waals surface area contributed by atoms with E-state index in [-0.39, 0.29) is 6.04 Å². The maximum absolute atomic E-state index is 6.43. The summed E-state index contributed by atoms with van der Waals surface area (Å²) < 4.78 is 0. The molecule has 2 heteroatoms. The van der Waals surface area contributed by atoms with Gasteiger partial charge in [-0.1, -0.05) is 26.0 Å². The molecule has 2 aromatic rings. The highest BCUT2D eigenvalue weighted by Crippen LogP contribution is 2.43. The van der Waals surface area contributed by atoms with Gasteiger partial charge in [-0.3, -0.25) is 0 Å². The summed E-state index contributed by atoms with van der Waals surface area (Å²) in [4.78, 5) is 3.63. The zero-order chi connectivity index (χ0) is 13.1. The largest absolute Gasteiger partial charge is 0.358 e. The maximum Gasteiger partial charge on any atom is 0.0491 e. The van der Waals surface area contributed by atoms with Gasteiger partial charge >= 0.3 is 0 Å². The van der Waals surface area contributed by atoms with Crippen molar-refractivity contribution < 1.29 is 0 Å². The van der Waals surface area contributed by atoms with Crippen molar-refractivity contribution in [3.8, 4) is 0 Å². The van der Waals surface area contributed by atoms with Crippen LogP contribution in [0.3, 0.4) is 0 Å². The summed E-state index contributed by atoms with van der Waals surface area (Å²) in [5.41, 5.74) is 13.4. The van der Waals surface area contributed by atoms with Gasteiger partial charge in [0.15, 0.2) is 0 Å². The predicted molar refractivity (Wildman–Crippen MR) is 76.8 cm³/mol. The van der Waals surface area contributed by atoms with Crippen molar-refractivity contribution in [3.63, 3.8) is 0 Å². The van der Waals surface area contributed by atoms with Gasteiger partial charge in [-0.15, -0.1) is 0 Å².